The molecular weight excluding hydrogens is 266 g/mol. The number of nitrogens with one attached hydrogen (secondary N) is 1. The topological polar surface area (TPSA) is 55.4 Å². The van der Waals surface area contributed by atoms with Crippen molar-refractivity contribution in [2.45, 2.75) is 51.9 Å². The largest absolute Gasteiger partial charge is 0.466 e. The predicted molar refractivity (Wildman–Crippen MR) is 83.7 cm³/mol. The van der Waals surface area contributed by atoms with E-state index in [1.165, 1.54) is 25.7 Å². The molecule has 1 saturated carbocycles. The van der Waals surface area contributed by atoms with Gasteiger partial charge in [0.15, 0.2) is 0 Å². The molecule has 4 nitrogen and oxygen atoms in total. The molecule has 0 unspecified atom stereocenters. The van der Waals surface area contributed by atoms with E-state index in [4.69, 9.17) is 4.74 Å². The summed E-state index contributed by atoms with van der Waals surface area (Å²) in [5, 5.41) is 2.81. The summed E-state index contributed by atoms with van der Waals surface area (Å²) in [5.74, 6) is 0.448. The van der Waals surface area contributed by atoms with Crippen LogP contribution < -0.4 is 5.32 Å². The molecule has 1 aliphatic carbocycles. The number of hydrogen-bond donors (Lipinski definition) is 1. The minimum Gasteiger partial charge on any atom is -0.466 e. The Balaban J connectivity index is 2.01. The zero-order chi connectivity index (χ0) is 15.3. The highest BCUT2D eigenvalue weighted by atomic mass is 16.5. The molecule has 0 aromatic rings. The van der Waals surface area contributed by atoms with E-state index < -0.39 is 0 Å². The summed E-state index contributed by atoms with van der Waals surface area (Å²) in [7, 11) is 0. The molecule has 1 amide bonds. The number of esters is 1. The zero-order valence-electron chi connectivity index (χ0n) is 13.0. The number of unbranched alkanes of at least 4 members (excludes halogenated alkanes) is 1. The van der Waals surface area contributed by atoms with Gasteiger partial charge in [-0.1, -0.05) is 31.1 Å². The molecule has 0 heterocycles. The van der Waals surface area contributed by atoms with E-state index in [2.05, 4.69) is 11.4 Å². The van der Waals surface area contributed by atoms with Crippen LogP contribution in [0.5, 0.6) is 0 Å². The molecule has 21 heavy (non-hydrogen) atoms. The van der Waals surface area contributed by atoms with E-state index in [1.54, 1.807) is 19.1 Å². The third-order valence-electron chi connectivity index (χ3n) is 3.55. The van der Waals surface area contributed by atoms with Gasteiger partial charge in [0, 0.05) is 19.0 Å². The summed E-state index contributed by atoms with van der Waals surface area (Å²) < 4.78 is 4.83. The summed E-state index contributed by atoms with van der Waals surface area (Å²) in [6.07, 6.45) is 14.7. The average molecular weight is 293 g/mol. The molecule has 0 aliphatic heterocycles. The minimum absolute atomic E-state index is 0.0813. The standard InChI is InChI=1S/C17H27NO3/c1-2-21-17(20)13-7-8-14-18-16(19)12-6-5-11-15-9-3-4-10-15/h5-6,11-12,15H,2-4,7-10,13-14H2,1H3,(H,18,19)/b11-5-,12-6-. The highest BCUT2D eigenvalue weighted by Gasteiger charge is 2.10. The van der Waals surface area contributed by atoms with Crippen molar-refractivity contribution < 1.29 is 14.3 Å². The van der Waals surface area contributed by atoms with Gasteiger partial charge < -0.3 is 10.1 Å². The summed E-state index contributed by atoms with van der Waals surface area (Å²) in [6.45, 7) is 2.81. The number of ether oxygens (including phenoxy) is 1. The van der Waals surface area contributed by atoms with Crippen LogP contribution in [0.25, 0.3) is 0 Å². The molecule has 1 rings (SSSR count). The summed E-state index contributed by atoms with van der Waals surface area (Å²) in [4.78, 5) is 22.6. The lowest BCUT2D eigenvalue weighted by Gasteiger charge is -2.02. The fourth-order valence-electron chi connectivity index (χ4n) is 2.41. The maximum absolute atomic E-state index is 11.5. The van der Waals surface area contributed by atoms with Crippen LogP contribution in [-0.4, -0.2) is 25.0 Å². The van der Waals surface area contributed by atoms with Gasteiger partial charge in [-0.25, -0.2) is 0 Å². The Kier molecular flexibility index (Phi) is 9.25. The highest BCUT2D eigenvalue weighted by molar-refractivity contribution is 5.87. The number of rotatable bonds is 9. The second-order valence-electron chi connectivity index (χ2n) is 5.34. The van der Waals surface area contributed by atoms with Crippen LogP contribution in [0, 0.1) is 5.92 Å². The van der Waals surface area contributed by atoms with E-state index in [-0.39, 0.29) is 11.9 Å². The average Bonchev–Trinajstić information content (AvgIpc) is 2.97. The van der Waals surface area contributed by atoms with Gasteiger partial charge >= 0.3 is 5.97 Å². The number of amides is 1. The molecule has 0 aromatic heterocycles. The lowest BCUT2D eigenvalue weighted by atomic mass is 10.1. The van der Waals surface area contributed by atoms with Crippen LogP contribution in [0.2, 0.25) is 0 Å². The molecule has 0 saturated heterocycles. The number of carbonyl (C=O) groups excluding carboxylic acids is 2. The summed E-state index contributed by atoms with van der Waals surface area (Å²) in [6, 6.07) is 0. The Labute approximate surface area is 127 Å². The third kappa shape index (κ3) is 9.05. The minimum atomic E-state index is -0.166. The first-order chi connectivity index (χ1) is 10.2. The van der Waals surface area contributed by atoms with Crippen LogP contribution in [0.3, 0.4) is 0 Å². The molecule has 0 radical (unpaired) electrons. The molecule has 4 heteroatoms. The monoisotopic (exact) mass is 293 g/mol. The van der Waals surface area contributed by atoms with Crippen molar-refractivity contribution in [3.63, 3.8) is 0 Å². The van der Waals surface area contributed by atoms with E-state index in [0.717, 1.165) is 12.8 Å². The molecule has 1 N–H and O–H groups in total. The van der Waals surface area contributed by atoms with Crippen LogP contribution in [0.15, 0.2) is 24.3 Å². The Morgan fingerprint density at radius 3 is 2.67 bits per heavy atom. The molecule has 0 aromatic carbocycles. The maximum atomic E-state index is 11.5. The molecular formula is C17H27NO3. The molecule has 1 fully saturated rings. The van der Waals surface area contributed by atoms with Gasteiger partial charge in [-0.05, 0) is 38.5 Å². The quantitative estimate of drug-likeness (QED) is 0.307. The van der Waals surface area contributed by atoms with Gasteiger partial charge in [0.25, 0.3) is 0 Å². The second-order valence-corrected chi connectivity index (χ2v) is 5.34. The molecule has 0 bridgehead atoms. The normalized spacial score (nSPS) is 15.9. The fraction of sp³-hybridized carbons (Fsp3) is 0.647. The Bertz CT molecular complexity index is 368. The van der Waals surface area contributed by atoms with Gasteiger partial charge in [-0.15, -0.1) is 0 Å². The van der Waals surface area contributed by atoms with Crippen LogP contribution in [-0.2, 0) is 14.3 Å². The Hall–Kier alpha value is -1.58. The lowest BCUT2D eigenvalue weighted by Crippen LogP contribution is -2.22. The van der Waals surface area contributed by atoms with Gasteiger partial charge in [0.2, 0.25) is 5.91 Å². The maximum Gasteiger partial charge on any atom is 0.305 e. The summed E-state index contributed by atoms with van der Waals surface area (Å²) >= 11 is 0. The first-order valence-electron chi connectivity index (χ1n) is 8.00. The van der Waals surface area contributed by atoms with Crippen molar-refractivity contribution in [3.05, 3.63) is 24.3 Å². The fourth-order valence-corrected chi connectivity index (χ4v) is 2.41. The van der Waals surface area contributed by atoms with E-state index in [9.17, 15) is 9.59 Å². The van der Waals surface area contributed by atoms with Crippen LogP contribution >= 0.6 is 0 Å². The van der Waals surface area contributed by atoms with Gasteiger partial charge in [-0.2, -0.15) is 0 Å². The summed E-state index contributed by atoms with van der Waals surface area (Å²) in [5.41, 5.74) is 0. The van der Waals surface area contributed by atoms with Crippen molar-refractivity contribution in [3.8, 4) is 0 Å². The Morgan fingerprint density at radius 1 is 1.19 bits per heavy atom. The van der Waals surface area contributed by atoms with Crippen molar-refractivity contribution in [1.29, 1.82) is 0 Å². The number of carbonyl (C=O) groups is 2. The first kappa shape index (κ1) is 17.5. The van der Waals surface area contributed by atoms with Crippen LogP contribution in [0.1, 0.15) is 51.9 Å². The predicted octanol–water partition coefficient (Wildman–Crippen LogP) is 3.14. The second kappa shape index (κ2) is 11.1. The van der Waals surface area contributed by atoms with Gasteiger partial charge in [0.1, 0.15) is 0 Å². The van der Waals surface area contributed by atoms with Gasteiger partial charge in [0.05, 0.1) is 6.61 Å². The smallest absolute Gasteiger partial charge is 0.305 e. The number of hydrogen-bond acceptors (Lipinski definition) is 3. The molecule has 0 atom stereocenters. The van der Waals surface area contributed by atoms with Gasteiger partial charge in [-0.3, -0.25) is 9.59 Å². The van der Waals surface area contributed by atoms with E-state index in [1.807, 2.05) is 6.08 Å². The SMILES string of the molecule is CCOC(=O)CCCCNC(=O)/C=C\C=C/C1CCCC1. The van der Waals surface area contributed by atoms with Crippen molar-refractivity contribution in [2.24, 2.45) is 5.92 Å². The molecule has 118 valence electrons. The van der Waals surface area contributed by atoms with Crippen molar-refractivity contribution >= 4 is 11.9 Å². The first-order valence-corrected chi connectivity index (χ1v) is 8.00. The lowest BCUT2D eigenvalue weighted by molar-refractivity contribution is -0.143. The highest BCUT2D eigenvalue weighted by Crippen LogP contribution is 2.25. The van der Waals surface area contributed by atoms with E-state index >= 15 is 0 Å². The molecule has 1 aliphatic rings. The van der Waals surface area contributed by atoms with Crippen LogP contribution in [0.4, 0.5) is 0 Å². The van der Waals surface area contributed by atoms with Crippen molar-refractivity contribution in [2.75, 3.05) is 13.2 Å². The number of allylic oxidation sites excluding steroid dienone is 3. The zero-order valence-corrected chi connectivity index (χ0v) is 13.0. The van der Waals surface area contributed by atoms with Crippen molar-refractivity contribution in [1.82, 2.24) is 5.32 Å². The molecule has 0 spiro atoms. The van der Waals surface area contributed by atoms with E-state index in [0.29, 0.717) is 25.5 Å². The third-order valence-corrected chi connectivity index (χ3v) is 3.55. The Morgan fingerprint density at radius 2 is 1.95 bits per heavy atom.